The van der Waals surface area contributed by atoms with Crippen molar-refractivity contribution < 1.29 is 13.5 Å². The van der Waals surface area contributed by atoms with Crippen molar-refractivity contribution in [1.29, 1.82) is 0 Å². The third-order valence-electron chi connectivity index (χ3n) is 3.36. The predicted octanol–water partition coefficient (Wildman–Crippen LogP) is 2.24. The molecule has 0 bridgehead atoms. The minimum Gasteiger partial charge on any atom is -0.396 e. The Labute approximate surface area is 122 Å². The van der Waals surface area contributed by atoms with E-state index in [9.17, 15) is 8.42 Å². The Balaban J connectivity index is 2.38. The molecule has 110 valence electrons. The van der Waals surface area contributed by atoms with E-state index in [1.807, 2.05) is 6.92 Å². The van der Waals surface area contributed by atoms with E-state index in [1.165, 1.54) is 6.07 Å². The molecule has 2 N–H and O–H groups in total. The lowest BCUT2D eigenvalue weighted by atomic mass is 9.97. The molecular weight excluding hydrogens is 298 g/mol. The summed E-state index contributed by atoms with van der Waals surface area (Å²) in [7, 11) is -3.71. The first-order valence-corrected chi connectivity index (χ1v) is 8.49. The largest absolute Gasteiger partial charge is 0.396 e. The van der Waals surface area contributed by atoms with Crippen LogP contribution in [0.3, 0.4) is 0 Å². The van der Waals surface area contributed by atoms with Gasteiger partial charge in [0.1, 0.15) is 16.3 Å². The van der Waals surface area contributed by atoms with Crippen LogP contribution >= 0.6 is 0 Å². The van der Waals surface area contributed by atoms with Crippen molar-refractivity contribution in [3.8, 4) is 0 Å². The Bertz CT molecular complexity index is 681. The van der Waals surface area contributed by atoms with E-state index in [-0.39, 0.29) is 11.5 Å². The van der Waals surface area contributed by atoms with Gasteiger partial charge < -0.3 is 5.11 Å². The van der Waals surface area contributed by atoms with Crippen molar-refractivity contribution in [2.75, 3.05) is 6.61 Å². The molecule has 1 heterocycles. The fourth-order valence-electron chi connectivity index (χ4n) is 1.92. The van der Waals surface area contributed by atoms with Crippen LogP contribution in [0, 0.1) is 0 Å². The second kappa shape index (κ2) is 5.72. The van der Waals surface area contributed by atoms with Gasteiger partial charge in [-0.2, -0.15) is 8.73 Å². The maximum absolute atomic E-state index is 12.5. The highest BCUT2D eigenvalue weighted by Gasteiger charge is 2.31. The molecule has 0 amide bonds. The Kier molecular flexibility index (Phi) is 4.38. The average molecular weight is 315 g/mol. The van der Waals surface area contributed by atoms with Gasteiger partial charge in [0.15, 0.2) is 0 Å². The third kappa shape index (κ3) is 2.98. The van der Waals surface area contributed by atoms with E-state index in [1.54, 1.807) is 19.1 Å². The summed E-state index contributed by atoms with van der Waals surface area (Å²) in [5.41, 5.74) is 0.268. The fourth-order valence-corrected chi connectivity index (χ4v) is 4.20. The van der Waals surface area contributed by atoms with Crippen molar-refractivity contribution in [2.24, 2.45) is 8.73 Å². The Morgan fingerprint density at radius 1 is 1.40 bits per heavy atom. The molecule has 0 aromatic heterocycles. The van der Waals surface area contributed by atoms with Gasteiger partial charge in [-0.25, -0.2) is 13.1 Å². The van der Waals surface area contributed by atoms with Crippen molar-refractivity contribution in [2.45, 2.75) is 37.1 Å². The lowest BCUT2D eigenvalue weighted by Crippen LogP contribution is -2.46. The highest BCUT2D eigenvalue weighted by molar-refractivity contribution is 7.89. The molecule has 0 saturated carbocycles. The van der Waals surface area contributed by atoms with Gasteiger partial charge in [0.05, 0.1) is 11.4 Å². The summed E-state index contributed by atoms with van der Waals surface area (Å²) in [5.74, 6) is 0. The Morgan fingerprint density at radius 3 is 2.80 bits per heavy atom. The number of rotatable bonds is 6. The summed E-state index contributed by atoms with van der Waals surface area (Å²) < 4.78 is 35.8. The molecule has 0 spiro atoms. The summed E-state index contributed by atoms with van der Waals surface area (Å²) in [5, 5.41) is 9.08. The molecule has 1 aliphatic heterocycles. The van der Waals surface area contributed by atoms with E-state index in [2.05, 4.69) is 13.4 Å². The number of hydrogen-bond acceptors (Lipinski definition) is 5. The van der Waals surface area contributed by atoms with Gasteiger partial charge in [-0.05, 0) is 31.9 Å². The van der Waals surface area contributed by atoms with Crippen LogP contribution in [0.2, 0.25) is 0 Å². The lowest BCUT2D eigenvalue weighted by molar-refractivity contribution is 0.233. The maximum atomic E-state index is 12.5. The van der Waals surface area contributed by atoms with Crippen molar-refractivity contribution in [3.05, 3.63) is 18.2 Å². The first-order chi connectivity index (χ1) is 9.42. The molecule has 1 aromatic rings. The van der Waals surface area contributed by atoms with Crippen LogP contribution in [-0.4, -0.2) is 25.7 Å². The lowest BCUT2D eigenvalue weighted by Gasteiger charge is -2.28. The number of sulfonamides is 1. The zero-order valence-electron chi connectivity index (χ0n) is 11.3. The normalized spacial score (nSPS) is 16.6. The number of aliphatic hydroxyl groups excluding tert-OH is 1. The number of nitrogens with zero attached hydrogens (tertiary/aromatic N) is 2. The predicted molar refractivity (Wildman–Crippen MR) is 78.7 cm³/mol. The zero-order valence-corrected chi connectivity index (χ0v) is 13.0. The summed E-state index contributed by atoms with van der Waals surface area (Å²) in [6, 6.07) is 4.89. The maximum Gasteiger partial charge on any atom is 0.243 e. The molecule has 1 aliphatic rings. The standard InChI is InChI=1S/C12H17N3O3S2/c1-3-12(2,7-8-16)15-20(17,18)10-6-4-5-9-11(10)14-19-13-9/h4-6,15-16H,3,7-8H2,1-2H3. The van der Waals surface area contributed by atoms with Crippen LogP contribution in [0.1, 0.15) is 26.7 Å². The van der Waals surface area contributed by atoms with Gasteiger partial charge in [0.2, 0.25) is 10.0 Å². The van der Waals surface area contributed by atoms with Crippen LogP contribution in [0.4, 0.5) is 11.4 Å². The monoisotopic (exact) mass is 315 g/mol. The minimum absolute atomic E-state index is 0.0741. The topological polar surface area (TPSA) is 91.1 Å². The molecule has 1 aromatic carbocycles. The molecule has 8 heteroatoms. The Hall–Kier alpha value is -1.09. The van der Waals surface area contributed by atoms with Crippen LogP contribution < -0.4 is 4.72 Å². The van der Waals surface area contributed by atoms with E-state index in [0.717, 1.165) is 11.4 Å². The van der Waals surface area contributed by atoms with Crippen molar-refractivity contribution in [3.63, 3.8) is 0 Å². The molecule has 0 fully saturated rings. The van der Waals surface area contributed by atoms with Crippen molar-refractivity contribution >= 4 is 32.8 Å². The third-order valence-corrected chi connectivity index (χ3v) is 5.58. The second-order valence-corrected chi connectivity index (χ2v) is 7.06. The smallest absolute Gasteiger partial charge is 0.243 e. The fraction of sp³-hybridized carbons (Fsp3) is 0.500. The minimum atomic E-state index is -3.71. The van der Waals surface area contributed by atoms with Gasteiger partial charge in [0, 0.05) is 12.1 Å². The van der Waals surface area contributed by atoms with Gasteiger partial charge >= 0.3 is 0 Å². The number of aliphatic hydroxyl groups is 1. The second-order valence-electron chi connectivity index (χ2n) is 4.88. The Morgan fingerprint density at radius 2 is 2.15 bits per heavy atom. The van der Waals surface area contributed by atoms with E-state index in [4.69, 9.17) is 5.11 Å². The van der Waals surface area contributed by atoms with Gasteiger partial charge in [-0.1, -0.05) is 13.0 Å². The molecular formula is C12H17N3O3S2. The average Bonchev–Trinajstić information content (AvgIpc) is 2.86. The summed E-state index contributed by atoms with van der Waals surface area (Å²) in [6.45, 7) is 3.58. The summed E-state index contributed by atoms with van der Waals surface area (Å²) in [4.78, 5) is 0.126. The molecule has 2 rings (SSSR count). The van der Waals surface area contributed by atoms with E-state index in [0.29, 0.717) is 24.2 Å². The van der Waals surface area contributed by atoms with Gasteiger partial charge in [-0.3, -0.25) is 0 Å². The van der Waals surface area contributed by atoms with Crippen LogP contribution in [0.15, 0.2) is 31.8 Å². The van der Waals surface area contributed by atoms with E-state index >= 15 is 0 Å². The molecule has 1 unspecified atom stereocenters. The molecule has 6 nitrogen and oxygen atoms in total. The number of hydrogen-bond donors (Lipinski definition) is 2. The van der Waals surface area contributed by atoms with Crippen LogP contribution in [0.25, 0.3) is 0 Å². The molecule has 20 heavy (non-hydrogen) atoms. The van der Waals surface area contributed by atoms with Crippen LogP contribution in [0.5, 0.6) is 0 Å². The first kappa shape index (κ1) is 15.3. The highest BCUT2D eigenvalue weighted by Crippen LogP contribution is 2.37. The number of benzene rings is 1. The SMILES string of the molecule is CCC(C)(CCO)NS(=O)(=O)c1cccc2c1N=S=N2. The molecule has 0 saturated heterocycles. The molecule has 0 aliphatic carbocycles. The summed E-state index contributed by atoms with van der Waals surface area (Å²) in [6.07, 6.45) is 0.937. The molecule has 0 radical (unpaired) electrons. The number of nitrogens with one attached hydrogen (secondary N) is 1. The highest BCUT2D eigenvalue weighted by atomic mass is 32.2. The zero-order chi connectivity index (χ0) is 14.8. The van der Waals surface area contributed by atoms with Gasteiger partial charge in [0.25, 0.3) is 0 Å². The van der Waals surface area contributed by atoms with E-state index < -0.39 is 15.6 Å². The quantitative estimate of drug-likeness (QED) is 0.856. The number of fused-ring (bicyclic) bond motifs is 1. The van der Waals surface area contributed by atoms with Crippen molar-refractivity contribution in [1.82, 2.24) is 4.72 Å². The molecule has 1 atom stereocenters. The first-order valence-electron chi connectivity index (χ1n) is 6.28. The van der Waals surface area contributed by atoms with Gasteiger partial charge in [-0.15, -0.1) is 0 Å². The van der Waals surface area contributed by atoms with Crippen LogP contribution in [-0.2, 0) is 21.4 Å². The summed E-state index contributed by atoms with van der Waals surface area (Å²) >= 11 is 0.985.